The van der Waals surface area contributed by atoms with E-state index in [1.807, 2.05) is 30.3 Å². The van der Waals surface area contributed by atoms with Crippen molar-refractivity contribution in [1.82, 2.24) is 15.1 Å². The molecule has 6 heteroatoms. The van der Waals surface area contributed by atoms with E-state index in [4.69, 9.17) is 0 Å². The van der Waals surface area contributed by atoms with Crippen LogP contribution < -0.4 is 5.32 Å². The number of likely N-dealkylation sites (tertiary alicyclic amines) is 2. The third-order valence-corrected chi connectivity index (χ3v) is 5.56. The van der Waals surface area contributed by atoms with Crippen LogP contribution in [0.5, 0.6) is 0 Å². The number of hydrogen-bond donors (Lipinski definition) is 2. The van der Waals surface area contributed by atoms with Gasteiger partial charge in [-0.2, -0.15) is 0 Å². The van der Waals surface area contributed by atoms with Crippen LogP contribution in [-0.2, 0) is 4.79 Å². The second-order valence-corrected chi connectivity index (χ2v) is 7.30. The van der Waals surface area contributed by atoms with Crippen LogP contribution in [0.25, 0.3) is 0 Å². The highest BCUT2D eigenvalue weighted by molar-refractivity contribution is 5.81. The summed E-state index contributed by atoms with van der Waals surface area (Å²) >= 11 is 0. The van der Waals surface area contributed by atoms with Crippen LogP contribution in [0.4, 0.5) is 4.79 Å². The molecule has 0 radical (unpaired) electrons. The van der Waals surface area contributed by atoms with Gasteiger partial charge in [0.15, 0.2) is 0 Å². The summed E-state index contributed by atoms with van der Waals surface area (Å²) in [6.07, 6.45) is 1.25. The van der Waals surface area contributed by atoms with Gasteiger partial charge in [0, 0.05) is 25.6 Å². The summed E-state index contributed by atoms with van der Waals surface area (Å²) < 4.78 is 0. The zero-order valence-corrected chi connectivity index (χ0v) is 14.7. The van der Waals surface area contributed by atoms with Gasteiger partial charge in [0.2, 0.25) is 5.91 Å². The summed E-state index contributed by atoms with van der Waals surface area (Å²) in [4.78, 5) is 27.8. The number of carboxylic acid groups (broad SMARTS) is 1. The molecule has 3 rings (SSSR count). The maximum absolute atomic E-state index is 12.8. The number of benzene rings is 1. The number of rotatable bonds is 4. The highest BCUT2D eigenvalue weighted by Crippen LogP contribution is 2.33. The summed E-state index contributed by atoms with van der Waals surface area (Å²) in [6.45, 7) is 3.49. The normalized spacial score (nSPS) is 25.1. The van der Waals surface area contributed by atoms with E-state index in [0.717, 1.165) is 31.5 Å². The molecule has 2 N–H and O–H groups in total. The Morgan fingerprint density at radius 1 is 1.16 bits per heavy atom. The first kappa shape index (κ1) is 17.7. The van der Waals surface area contributed by atoms with Crippen molar-refractivity contribution in [3.05, 3.63) is 35.9 Å². The lowest BCUT2D eigenvalue weighted by atomic mass is 9.88. The smallest absolute Gasteiger partial charge is 0.407 e. The second kappa shape index (κ2) is 7.87. The van der Waals surface area contributed by atoms with Gasteiger partial charge in [-0.05, 0) is 44.5 Å². The lowest BCUT2D eigenvalue weighted by Gasteiger charge is -2.29. The van der Waals surface area contributed by atoms with Crippen LogP contribution in [0.2, 0.25) is 0 Å². The Morgan fingerprint density at radius 2 is 1.84 bits per heavy atom. The van der Waals surface area contributed by atoms with Gasteiger partial charge in [-0.1, -0.05) is 30.3 Å². The van der Waals surface area contributed by atoms with Gasteiger partial charge in [0.25, 0.3) is 0 Å². The van der Waals surface area contributed by atoms with E-state index in [1.165, 1.54) is 4.90 Å². The van der Waals surface area contributed by atoms with Crippen molar-refractivity contribution < 1.29 is 14.7 Å². The van der Waals surface area contributed by atoms with E-state index in [2.05, 4.69) is 17.3 Å². The molecule has 0 aliphatic carbocycles. The van der Waals surface area contributed by atoms with Crippen molar-refractivity contribution in [2.24, 2.45) is 11.8 Å². The zero-order valence-electron chi connectivity index (χ0n) is 14.7. The molecule has 2 fully saturated rings. The van der Waals surface area contributed by atoms with E-state index in [-0.39, 0.29) is 24.3 Å². The molecule has 0 spiro atoms. The van der Waals surface area contributed by atoms with Crippen LogP contribution in [0.15, 0.2) is 30.3 Å². The zero-order chi connectivity index (χ0) is 17.8. The Hall–Kier alpha value is -2.08. The molecule has 2 heterocycles. The number of carbonyl (C=O) groups excluding carboxylic acids is 1. The highest BCUT2D eigenvalue weighted by Gasteiger charge is 2.40. The van der Waals surface area contributed by atoms with Crippen molar-refractivity contribution in [3.63, 3.8) is 0 Å². The van der Waals surface area contributed by atoms with Crippen LogP contribution in [0, 0.1) is 11.8 Å². The van der Waals surface area contributed by atoms with Crippen LogP contribution in [0.3, 0.4) is 0 Å². The average Bonchev–Trinajstić information content (AvgIpc) is 3.07. The molecule has 0 saturated carbocycles. The summed E-state index contributed by atoms with van der Waals surface area (Å²) in [5.41, 5.74) is 1.03. The van der Waals surface area contributed by atoms with E-state index < -0.39 is 6.09 Å². The Kier molecular flexibility index (Phi) is 5.58. The fourth-order valence-corrected chi connectivity index (χ4v) is 3.91. The summed E-state index contributed by atoms with van der Waals surface area (Å²) in [5, 5.41) is 12.4. The first-order valence-corrected chi connectivity index (χ1v) is 9.03. The maximum atomic E-state index is 12.8. The van der Waals surface area contributed by atoms with Crippen molar-refractivity contribution >= 4 is 12.0 Å². The molecule has 1 aromatic carbocycles. The fourth-order valence-electron chi connectivity index (χ4n) is 3.91. The van der Waals surface area contributed by atoms with Crippen molar-refractivity contribution in [3.8, 4) is 0 Å². The third-order valence-electron chi connectivity index (χ3n) is 5.56. The van der Waals surface area contributed by atoms with Gasteiger partial charge in [0.1, 0.15) is 0 Å². The topological polar surface area (TPSA) is 72.9 Å². The minimum absolute atomic E-state index is 0.0171. The molecule has 2 atom stereocenters. The van der Waals surface area contributed by atoms with E-state index in [1.54, 1.807) is 0 Å². The lowest BCUT2D eigenvalue weighted by Crippen LogP contribution is -2.40. The standard InChI is InChI=1S/C19H27N3O3/c1-21-9-7-14(8-10-21)11-20-18(23)17-13-22(19(24)25)12-16(17)15-5-3-2-4-6-15/h2-6,14,16-17H,7-13H2,1H3,(H,20,23)(H,24,25)/t16-,17+/m1/s1. The molecule has 25 heavy (non-hydrogen) atoms. The number of amides is 2. The SMILES string of the molecule is CN1CCC(CNC(=O)[C@H]2CN(C(=O)O)C[C@@H]2c2ccccc2)CC1. The van der Waals surface area contributed by atoms with E-state index in [9.17, 15) is 14.7 Å². The molecule has 1 aromatic rings. The first-order valence-electron chi connectivity index (χ1n) is 9.03. The monoisotopic (exact) mass is 345 g/mol. The Balaban J connectivity index is 1.63. The van der Waals surface area contributed by atoms with Gasteiger partial charge < -0.3 is 20.2 Å². The van der Waals surface area contributed by atoms with Gasteiger partial charge in [-0.25, -0.2) is 4.79 Å². The molecular formula is C19H27N3O3. The number of nitrogens with one attached hydrogen (secondary N) is 1. The number of hydrogen-bond acceptors (Lipinski definition) is 3. The maximum Gasteiger partial charge on any atom is 0.407 e. The lowest BCUT2D eigenvalue weighted by molar-refractivity contribution is -0.125. The third kappa shape index (κ3) is 4.31. The fraction of sp³-hybridized carbons (Fsp3) is 0.579. The molecule has 2 saturated heterocycles. The Labute approximate surface area is 148 Å². The molecule has 2 aliphatic rings. The average molecular weight is 345 g/mol. The van der Waals surface area contributed by atoms with Gasteiger partial charge in [-0.3, -0.25) is 4.79 Å². The Morgan fingerprint density at radius 3 is 2.48 bits per heavy atom. The molecule has 0 aromatic heterocycles. The molecule has 136 valence electrons. The van der Waals surface area contributed by atoms with Crippen molar-refractivity contribution in [2.45, 2.75) is 18.8 Å². The van der Waals surface area contributed by atoms with Gasteiger partial charge in [-0.15, -0.1) is 0 Å². The molecule has 2 aliphatic heterocycles. The molecule has 2 amide bonds. The summed E-state index contributed by atoms with van der Waals surface area (Å²) in [6, 6.07) is 9.77. The molecule has 0 unspecified atom stereocenters. The predicted molar refractivity (Wildman–Crippen MR) is 95.5 cm³/mol. The number of piperidine rings is 1. The van der Waals surface area contributed by atoms with Gasteiger partial charge in [0.05, 0.1) is 5.92 Å². The van der Waals surface area contributed by atoms with Crippen molar-refractivity contribution in [1.29, 1.82) is 0 Å². The predicted octanol–water partition coefficient (Wildman–Crippen LogP) is 1.84. The second-order valence-electron chi connectivity index (χ2n) is 7.30. The minimum Gasteiger partial charge on any atom is -0.465 e. The van der Waals surface area contributed by atoms with Crippen LogP contribution in [0.1, 0.15) is 24.3 Å². The molecule has 0 bridgehead atoms. The molecule has 6 nitrogen and oxygen atoms in total. The first-order chi connectivity index (χ1) is 12.0. The number of nitrogens with zero attached hydrogens (tertiary/aromatic N) is 2. The summed E-state index contributed by atoms with van der Waals surface area (Å²) in [7, 11) is 2.12. The largest absolute Gasteiger partial charge is 0.465 e. The Bertz CT molecular complexity index is 599. The van der Waals surface area contributed by atoms with E-state index >= 15 is 0 Å². The van der Waals surface area contributed by atoms with Crippen LogP contribution in [-0.4, -0.2) is 66.7 Å². The van der Waals surface area contributed by atoms with E-state index in [0.29, 0.717) is 19.0 Å². The summed E-state index contributed by atoms with van der Waals surface area (Å²) in [5.74, 6) is 0.114. The van der Waals surface area contributed by atoms with Crippen LogP contribution >= 0.6 is 0 Å². The minimum atomic E-state index is -0.952. The quantitative estimate of drug-likeness (QED) is 0.873. The van der Waals surface area contributed by atoms with Gasteiger partial charge >= 0.3 is 6.09 Å². The highest BCUT2D eigenvalue weighted by atomic mass is 16.4. The molecular weight excluding hydrogens is 318 g/mol. The number of carbonyl (C=O) groups is 2. The van der Waals surface area contributed by atoms with Crippen molar-refractivity contribution in [2.75, 3.05) is 39.8 Å².